The molecule has 0 aliphatic carbocycles. The van der Waals surface area contributed by atoms with Crippen molar-refractivity contribution >= 4 is 29.1 Å². The molecular formula is C24H36N8O3. The number of nitrogens with two attached hydrogens (primary N) is 1. The summed E-state index contributed by atoms with van der Waals surface area (Å²) in [7, 11) is 1.76. The van der Waals surface area contributed by atoms with Crippen molar-refractivity contribution in [2.75, 3.05) is 32.0 Å². The van der Waals surface area contributed by atoms with Gasteiger partial charge < -0.3 is 31.5 Å². The molecule has 3 aliphatic heterocycles. The Bertz CT molecular complexity index is 954. The number of hydrogen-bond donors (Lipinski definition) is 5. The predicted molar refractivity (Wildman–Crippen MR) is 131 cm³/mol. The molecule has 11 nitrogen and oxygen atoms in total. The van der Waals surface area contributed by atoms with E-state index in [4.69, 9.17) is 11.3 Å². The lowest BCUT2D eigenvalue weighted by Crippen LogP contribution is -2.54. The summed E-state index contributed by atoms with van der Waals surface area (Å²) in [5.41, 5.74) is 15.6. The molecule has 2 unspecified atom stereocenters. The first kappa shape index (κ1) is 25.1. The first-order valence-electron chi connectivity index (χ1n) is 12.5. The van der Waals surface area contributed by atoms with Crippen LogP contribution in [0, 0.1) is 5.53 Å². The summed E-state index contributed by atoms with van der Waals surface area (Å²) in [5, 5.41) is 12.7. The topological polar surface area (TPSA) is 156 Å². The van der Waals surface area contributed by atoms with Gasteiger partial charge in [0.05, 0.1) is 11.7 Å². The van der Waals surface area contributed by atoms with E-state index in [0.717, 1.165) is 43.6 Å². The van der Waals surface area contributed by atoms with Crippen LogP contribution in [0.1, 0.15) is 44.1 Å². The van der Waals surface area contributed by atoms with Crippen molar-refractivity contribution in [2.45, 2.75) is 69.2 Å². The van der Waals surface area contributed by atoms with Crippen molar-refractivity contribution in [1.29, 1.82) is 5.53 Å². The van der Waals surface area contributed by atoms with Crippen LogP contribution in [0.15, 0.2) is 23.3 Å². The second-order valence-corrected chi connectivity index (χ2v) is 9.61. The predicted octanol–water partition coefficient (Wildman–Crippen LogP) is 1.07. The van der Waals surface area contributed by atoms with Crippen LogP contribution in [0.3, 0.4) is 0 Å². The lowest BCUT2D eigenvalue weighted by molar-refractivity contribution is -0.140. The van der Waals surface area contributed by atoms with Gasteiger partial charge in [0.25, 0.3) is 0 Å². The van der Waals surface area contributed by atoms with Gasteiger partial charge in [-0.25, -0.2) is 5.53 Å². The molecule has 1 aromatic rings. The van der Waals surface area contributed by atoms with Gasteiger partial charge in [0.2, 0.25) is 17.7 Å². The maximum atomic E-state index is 13.1. The van der Waals surface area contributed by atoms with E-state index in [1.165, 1.54) is 0 Å². The Morgan fingerprint density at radius 1 is 1.23 bits per heavy atom. The minimum absolute atomic E-state index is 0.0704. The van der Waals surface area contributed by atoms with Crippen LogP contribution in [0.4, 0.5) is 11.4 Å². The molecule has 4 rings (SSSR count). The average molecular weight is 485 g/mol. The SMILES string of the molecule is CNc1ccc(CNC(=O)[C@@H]2CCCN2C(=O)[C@H](N)CCC(=O)N2C3CCC2CNC3)cc1N=N. The molecule has 0 aromatic heterocycles. The second kappa shape index (κ2) is 11.1. The minimum atomic E-state index is -0.803. The van der Waals surface area contributed by atoms with Crippen molar-refractivity contribution in [3.63, 3.8) is 0 Å². The van der Waals surface area contributed by atoms with Crippen molar-refractivity contribution in [2.24, 2.45) is 10.8 Å². The van der Waals surface area contributed by atoms with E-state index in [-0.39, 0.29) is 49.2 Å². The molecule has 2 bridgehead atoms. The van der Waals surface area contributed by atoms with Gasteiger partial charge in [-0.1, -0.05) is 6.07 Å². The fraction of sp³-hybridized carbons (Fsp3) is 0.625. The van der Waals surface area contributed by atoms with E-state index < -0.39 is 12.1 Å². The molecule has 3 amide bonds. The number of benzene rings is 1. The Balaban J connectivity index is 1.28. The first-order valence-corrected chi connectivity index (χ1v) is 12.5. The van der Waals surface area contributed by atoms with E-state index in [9.17, 15) is 14.4 Å². The Morgan fingerprint density at radius 2 is 1.97 bits per heavy atom. The van der Waals surface area contributed by atoms with Gasteiger partial charge in [0.15, 0.2) is 0 Å². The van der Waals surface area contributed by atoms with Crippen LogP contribution >= 0.6 is 0 Å². The molecule has 3 saturated heterocycles. The number of nitrogens with one attached hydrogen (secondary N) is 4. The lowest BCUT2D eigenvalue weighted by atomic mass is 10.1. The number of nitrogens with zero attached hydrogens (tertiary/aromatic N) is 3. The van der Waals surface area contributed by atoms with Gasteiger partial charge in [-0.2, -0.15) is 5.11 Å². The van der Waals surface area contributed by atoms with Crippen molar-refractivity contribution in [3.05, 3.63) is 23.8 Å². The Kier molecular flexibility index (Phi) is 7.97. The number of carbonyl (C=O) groups excluding carboxylic acids is 3. The molecule has 0 spiro atoms. The lowest BCUT2D eigenvalue weighted by Gasteiger charge is -2.35. The molecule has 6 N–H and O–H groups in total. The summed E-state index contributed by atoms with van der Waals surface area (Å²) < 4.78 is 0. The average Bonchev–Trinajstić information content (AvgIpc) is 3.47. The molecular weight excluding hydrogens is 448 g/mol. The maximum Gasteiger partial charge on any atom is 0.243 e. The monoisotopic (exact) mass is 484 g/mol. The summed E-state index contributed by atoms with van der Waals surface area (Å²) in [4.78, 5) is 42.3. The zero-order valence-electron chi connectivity index (χ0n) is 20.3. The number of hydrogen-bond acceptors (Lipinski definition) is 8. The van der Waals surface area contributed by atoms with Crippen LogP contribution < -0.4 is 21.7 Å². The Morgan fingerprint density at radius 3 is 2.66 bits per heavy atom. The fourth-order valence-corrected chi connectivity index (χ4v) is 5.53. The number of likely N-dealkylation sites (tertiary alicyclic amines) is 1. The largest absolute Gasteiger partial charge is 0.386 e. The molecule has 0 saturated carbocycles. The highest BCUT2D eigenvalue weighted by molar-refractivity contribution is 5.90. The molecule has 4 atom stereocenters. The van der Waals surface area contributed by atoms with Crippen molar-refractivity contribution in [3.8, 4) is 0 Å². The van der Waals surface area contributed by atoms with E-state index in [1.807, 2.05) is 17.0 Å². The van der Waals surface area contributed by atoms with Crippen molar-refractivity contribution in [1.82, 2.24) is 20.4 Å². The zero-order chi connectivity index (χ0) is 24.9. The second-order valence-electron chi connectivity index (χ2n) is 9.61. The van der Waals surface area contributed by atoms with Gasteiger partial charge in [-0.3, -0.25) is 14.4 Å². The fourth-order valence-electron chi connectivity index (χ4n) is 5.53. The Hall–Kier alpha value is -3.05. The number of anilines is 1. The smallest absolute Gasteiger partial charge is 0.243 e. The van der Waals surface area contributed by atoms with Crippen LogP contribution in [-0.4, -0.2) is 78.4 Å². The molecule has 190 valence electrons. The molecule has 35 heavy (non-hydrogen) atoms. The van der Waals surface area contributed by atoms with E-state index in [2.05, 4.69) is 21.1 Å². The number of rotatable bonds is 9. The third-order valence-corrected chi connectivity index (χ3v) is 7.41. The molecule has 3 heterocycles. The number of carbonyl (C=O) groups is 3. The number of fused-ring (bicyclic) bond motifs is 2. The minimum Gasteiger partial charge on any atom is -0.386 e. The molecule has 3 aliphatic rings. The molecule has 11 heteroatoms. The van der Waals surface area contributed by atoms with E-state index in [0.29, 0.717) is 18.7 Å². The normalized spacial score (nSPS) is 24.2. The van der Waals surface area contributed by atoms with Gasteiger partial charge >= 0.3 is 0 Å². The number of piperazine rings is 1. The van der Waals surface area contributed by atoms with Crippen LogP contribution in [0.2, 0.25) is 0 Å². The van der Waals surface area contributed by atoms with E-state index >= 15 is 0 Å². The van der Waals surface area contributed by atoms with Gasteiger partial charge in [0.1, 0.15) is 11.7 Å². The summed E-state index contributed by atoms with van der Waals surface area (Å²) >= 11 is 0. The van der Waals surface area contributed by atoms with E-state index in [1.54, 1.807) is 18.0 Å². The molecule has 0 radical (unpaired) electrons. The summed E-state index contributed by atoms with van der Waals surface area (Å²) in [6, 6.07) is 4.55. The van der Waals surface area contributed by atoms with Gasteiger partial charge in [-0.15, -0.1) is 0 Å². The highest BCUT2D eigenvalue weighted by Gasteiger charge is 2.40. The summed E-state index contributed by atoms with van der Waals surface area (Å²) in [5.74, 6) is -0.424. The maximum absolute atomic E-state index is 13.1. The van der Waals surface area contributed by atoms with Crippen LogP contribution in [0.25, 0.3) is 0 Å². The quantitative estimate of drug-likeness (QED) is 0.330. The molecule has 1 aromatic carbocycles. The summed E-state index contributed by atoms with van der Waals surface area (Å²) in [6.45, 7) is 2.42. The Labute approximate surface area is 205 Å². The van der Waals surface area contributed by atoms with Gasteiger partial charge in [-0.05, 0) is 49.8 Å². The number of amides is 3. The highest BCUT2D eigenvalue weighted by Crippen LogP contribution is 2.28. The summed E-state index contributed by atoms with van der Waals surface area (Å²) in [6.07, 6.45) is 3.90. The van der Waals surface area contributed by atoms with Crippen LogP contribution in [0.5, 0.6) is 0 Å². The van der Waals surface area contributed by atoms with Gasteiger partial charge in [0, 0.05) is 51.7 Å². The molecule has 3 fully saturated rings. The first-order chi connectivity index (χ1) is 16.9. The highest BCUT2D eigenvalue weighted by atomic mass is 16.2. The van der Waals surface area contributed by atoms with Crippen LogP contribution in [-0.2, 0) is 20.9 Å². The zero-order valence-corrected chi connectivity index (χ0v) is 20.3. The third-order valence-electron chi connectivity index (χ3n) is 7.41. The van der Waals surface area contributed by atoms with Crippen molar-refractivity contribution < 1.29 is 14.4 Å². The third kappa shape index (κ3) is 5.46. The standard InChI is InChI=1S/C24H36N8O3/c1-27-19-8-4-15(11-20(19)30-26)12-29-23(34)21-3-2-10-31(21)24(35)18(25)7-9-22(33)32-16-5-6-17(32)14-28-13-16/h4,8,11,16-18,21,26-28H,2-3,5-7,9-10,12-14,25H2,1H3,(H,29,34)/t16?,17?,18-,21+/m1/s1.